The van der Waals surface area contributed by atoms with Crippen molar-refractivity contribution in [1.82, 2.24) is 4.72 Å². The second-order valence-corrected chi connectivity index (χ2v) is 7.93. The Bertz CT molecular complexity index is 943. The van der Waals surface area contributed by atoms with Crippen LogP contribution in [0, 0.1) is 0 Å². The van der Waals surface area contributed by atoms with E-state index in [4.69, 9.17) is 9.47 Å². The van der Waals surface area contributed by atoms with Crippen LogP contribution in [0.3, 0.4) is 0 Å². The average molecular weight is 390 g/mol. The number of rotatable bonds is 7. The number of amides is 1. The summed E-state index contributed by atoms with van der Waals surface area (Å²) in [6.07, 6.45) is 1.39. The lowest BCUT2D eigenvalue weighted by Crippen LogP contribution is -2.25. The summed E-state index contributed by atoms with van der Waals surface area (Å²) in [5.41, 5.74) is 1.57. The quantitative estimate of drug-likeness (QED) is 0.784. The van der Waals surface area contributed by atoms with Crippen LogP contribution < -0.4 is 19.1 Å². The number of methoxy groups -OCH3 is 2. The van der Waals surface area contributed by atoms with Crippen LogP contribution in [0.15, 0.2) is 47.4 Å². The van der Waals surface area contributed by atoms with Gasteiger partial charge in [0.05, 0.1) is 19.1 Å². The molecule has 0 saturated carbocycles. The molecule has 1 heterocycles. The fourth-order valence-electron chi connectivity index (χ4n) is 3.00. The molecule has 0 aromatic heterocycles. The molecule has 1 fully saturated rings. The maximum Gasteiger partial charge on any atom is 0.241 e. The Morgan fingerprint density at radius 3 is 2.52 bits per heavy atom. The molecule has 2 aromatic rings. The van der Waals surface area contributed by atoms with Gasteiger partial charge in [0, 0.05) is 31.3 Å². The number of nitrogens with zero attached hydrogens (tertiary/aromatic N) is 1. The van der Waals surface area contributed by atoms with Gasteiger partial charge in [-0.3, -0.25) is 4.79 Å². The summed E-state index contributed by atoms with van der Waals surface area (Å²) in [6, 6.07) is 11.8. The van der Waals surface area contributed by atoms with E-state index in [2.05, 4.69) is 4.72 Å². The molecule has 0 aliphatic carbocycles. The molecule has 1 amide bonds. The van der Waals surface area contributed by atoms with E-state index in [1.54, 1.807) is 11.0 Å². The second-order valence-electron chi connectivity index (χ2n) is 6.16. The molecule has 7 nitrogen and oxygen atoms in total. The fraction of sp³-hybridized carbons (Fsp3) is 0.316. The predicted octanol–water partition coefficient (Wildman–Crippen LogP) is 2.31. The normalized spacial score (nSPS) is 14.4. The number of nitrogens with one attached hydrogen (secondary N) is 1. The molecule has 1 saturated heterocycles. The van der Waals surface area contributed by atoms with E-state index in [1.165, 1.54) is 26.4 Å². The SMILES string of the molecule is COc1ccc(S(=O)(=O)NCc2cccc(N3CCCC3=O)c2)cc1OC. The Kier molecular flexibility index (Phi) is 5.67. The van der Waals surface area contributed by atoms with Crippen LogP contribution in [-0.4, -0.2) is 35.1 Å². The molecule has 0 radical (unpaired) electrons. The minimum absolute atomic E-state index is 0.0889. The summed E-state index contributed by atoms with van der Waals surface area (Å²) in [7, 11) is -0.785. The lowest BCUT2D eigenvalue weighted by molar-refractivity contribution is -0.117. The molecule has 8 heteroatoms. The summed E-state index contributed by atoms with van der Waals surface area (Å²) in [5.74, 6) is 0.896. The summed E-state index contributed by atoms with van der Waals surface area (Å²) >= 11 is 0. The number of hydrogen-bond donors (Lipinski definition) is 1. The van der Waals surface area contributed by atoms with Crippen molar-refractivity contribution in [3.8, 4) is 11.5 Å². The van der Waals surface area contributed by atoms with Crippen molar-refractivity contribution >= 4 is 21.6 Å². The van der Waals surface area contributed by atoms with Gasteiger partial charge in [-0.1, -0.05) is 12.1 Å². The van der Waals surface area contributed by atoms with Gasteiger partial charge in [0.15, 0.2) is 11.5 Å². The van der Waals surface area contributed by atoms with Crippen LogP contribution in [0.25, 0.3) is 0 Å². The van der Waals surface area contributed by atoms with Crippen molar-refractivity contribution in [3.63, 3.8) is 0 Å². The zero-order valence-electron chi connectivity index (χ0n) is 15.3. The molecule has 1 N–H and O–H groups in total. The Balaban J connectivity index is 1.75. The van der Waals surface area contributed by atoms with E-state index >= 15 is 0 Å². The number of carbonyl (C=O) groups is 1. The molecule has 0 bridgehead atoms. The highest BCUT2D eigenvalue weighted by atomic mass is 32.2. The highest BCUT2D eigenvalue weighted by molar-refractivity contribution is 7.89. The summed E-state index contributed by atoms with van der Waals surface area (Å²) in [4.78, 5) is 13.7. The minimum atomic E-state index is -3.72. The molecule has 144 valence electrons. The summed E-state index contributed by atoms with van der Waals surface area (Å²) in [5, 5.41) is 0. The summed E-state index contributed by atoms with van der Waals surface area (Å²) in [6.45, 7) is 0.812. The number of hydrogen-bond acceptors (Lipinski definition) is 5. The Labute approximate surface area is 158 Å². The molecule has 0 unspecified atom stereocenters. The van der Waals surface area contributed by atoms with Gasteiger partial charge in [-0.2, -0.15) is 0 Å². The van der Waals surface area contributed by atoms with Gasteiger partial charge in [-0.25, -0.2) is 13.1 Å². The molecule has 2 aromatic carbocycles. The van der Waals surface area contributed by atoms with Crippen LogP contribution in [0.2, 0.25) is 0 Å². The van der Waals surface area contributed by atoms with E-state index in [0.717, 1.165) is 17.7 Å². The molecule has 1 aliphatic heterocycles. The van der Waals surface area contributed by atoms with Crippen molar-refractivity contribution in [3.05, 3.63) is 48.0 Å². The molecule has 0 atom stereocenters. The number of sulfonamides is 1. The molecule has 1 aliphatic rings. The van der Waals surface area contributed by atoms with E-state index in [1.807, 2.05) is 24.3 Å². The van der Waals surface area contributed by atoms with Crippen LogP contribution in [0.4, 0.5) is 5.69 Å². The first-order valence-corrected chi connectivity index (χ1v) is 10.0. The van der Waals surface area contributed by atoms with Crippen LogP contribution in [0.1, 0.15) is 18.4 Å². The van der Waals surface area contributed by atoms with Gasteiger partial charge in [0.25, 0.3) is 0 Å². The third kappa shape index (κ3) is 4.23. The standard InChI is InChI=1S/C19H22N2O5S/c1-25-17-9-8-16(12-18(17)26-2)27(23,24)20-13-14-5-3-6-15(11-14)21-10-4-7-19(21)22/h3,5-6,8-9,11-12,20H,4,7,10,13H2,1-2H3. The van der Waals surface area contributed by atoms with E-state index in [-0.39, 0.29) is 17.3 Å². The third-order valence-electron chi connectivity index (χ3n) is 4.43. The molecule has 3 rings (SSSR count). The third-order valence-corrected chi connectivity index (χ3v) is 5.83. The summed E-state index contributed by atoms with van der Waals surface area (Å²) < 4.78 is 38.1. The zero-order valence-corrected chi connectivity index (χ0v) is 16.1. The number of anilines is 1. The largest absolute Gasteiger partial charge is 0.493 e. The van der Waals surface area contributed by atoms with Crippen LogP contribution >= 0.6 is 0 Å². The molecule has 27 heavy (non-hydrogen) atoms. The van der Waals surface area contributed by atoms with Gasteiger partial charge in [-0.15, -0.1) is 0 Å². The second kappa shape index (κ2) is 7.98. The first-order valence-electron chi connectivity index (χ1n) is 8.55. The number of ether oxygens (including phenoxy) is 2. The highest BCUT2D eigenvalue weighted by Crippen LogP contribution is 2.29. The van der Waals surface area contributed by atoms with Gasteiger partial charge in [0.2, 0.25) is 15.9 Å². The Hall–Kier alpha value is -2.58. The fourth-order valence-corrected chi connectivity index (χ4v) is 4.03. The predicted molar refractivity (Wildman–Crippen MR) is 102 cm³/mol. The van der Waals surface area contributed by atoms with E-state index < -0.39 is 10.0 Å². The van der Waals surface area contributed by atoms with Crippen molar-refractivity contribution in [2.45, 2.75) is 24.3 Å². The number of benzene rings is 2. The van der Waals surface area contributed by atoms with Crippen molar-refractivity contribution < 1.29 is 22.7 Å². The van der Waals surface area contributed by atoms with Crippen LogP contribution in [0.5, 0.6) is 11.5 Å². The lowest BCUT2D eigenvalue weighted by atomic mass is 10.2. The smallest absolute Gasteiger partial charge is 0.241 e. The van der Waals surface area contributed by atoms with Gasteiger partial charge < -0.3 is 14.4 Å². The zero-order chi connectivity index (χ0) is 19.4. The molecular weight excluding hydrogens is 368 g/mol. The topological polar surface area (TPSA) is 84.9 Å². The first-order chi connectivity index (χ1) is 12.9. The maximum absolute atomic E-state index is 12.6. The van der Waals surface area contributed by atoms with Gasteiger partial charge in [0.1, 0.15) is 0 Å². The van der Waals surface area contributed by atoms with Crippen molar-refractivity contribution in [2.75, 3.05) is 25.7 Å². The van der Waals surface area contributed by atoms with E-state index in [0.29, 0.717) is 24.5 Å². The average Bonchev–Trinajstić information content (AvgIpc) is 3.12. The Morgan fingerprint density at radius 1 is 1.07 bits per heavy atom. The first kappa shape index (κ1) is 19.2. The minimum Gasteiger partial charge on any atom is -0.493 e. The molecular formula is C19H22N2O5S. The van der Waals surface area contributed by atoms with Crippen LogP contribution in [-0.2, 0) is 21.4 Å². The van der Waals surface area contributed by atoms with E-state index in [9.17, 15) is 13.2 Å². The monoisotopic (exact) mass is 390 g/mol. The van der Waals surface area contributed by atoms with Gasteiger partial charge >= 0.3 is 0 Å². The molecule has 0 spiro atoms. The van der Waals surface area contributed by atoms with Gasteiger partial charge in [-0.05, 0) is 36.2 Å². The lowest BCUT2D eigenvalue weighted by Gasteiger charge is -2.17. The number of carbonyl (C=O) groups excluding carboxylic acids is 1. The maximum atomic E-state index is 12.6. The Morgan fingerprint density at radius 2 is 1.85 bits per heavy atom. The van der Waals surface area contributed by atoms with Crippen molar-refractivity contribution in [1.29, 1.82) is 0 Å². The highest BCUT2D eigenvalue weighted by Gasteiger charge is 2.22. The van der Waals surface area contributed by atoms with Crippen molar-refractivity contribution in [2.24, 2.45) is 0 Å².